The molecule has 132 valence electrons. The van der Waals surface area contributed by atoms with E-state index in [1.165, 1.54) is 11.1 Å². The van der Waals surface area contributed by atoms with Crippen LogP contribution in [0.3, 0.4) is 0 Å². The molecule has 1 aliphatic heterocycles. The van der Waals surface area contributed by atoms with Crippen molar-refractivity contribution < 1.29 is 4.79 Å². The monoisotopic (exact) mass is 356 g/mol. The summed E-state index contributed by atoms with van der Waals surface area (Å²) in [6, 6.07) is 16.3. The number of carbonyl (C=O) groups is 1. The average Bonchev–Trinajstić information content (AvgIpc) is 2.63. The summed E-state index contributed by atoms with van der Waals surface area (Å²) in [7, 11) is 0. The molecule has 1 heterocycles. The van der Waals surface area contributed by atoms with Crippen molar-refractivity contribution in [1.82, 2.24) is 10.2 Å². The molecule has 0 saturated carbocycles. The second-order valence-electron chi connectivity index (χ2n) is 6.88. The molecule has 1 saturated heterocycles. The Morgan fingerprint density at radius 2 is 1.64 bits per heavy atom. The van der Waals surface area contributed by atoms with Gasteiger partial charge in [-0.1, -0.05) is 53.6 Å². The molecule has 25 heavy (non-hydrogen) atoms. The molecule has 4 heteroatoms. The van der Waals surface area contributed by atoms with Crippen molar-refractivity contribution >= 4 is 17.5 Å². The smallest absolute Gasteiger partial charge is 0.223 e. The summed E-state index contributed by atoms with van der Waals surface area (Å²) >= 11 is 5.93. The number of carbonyl (C=O) groups excluding carboxylic acids is 1. The van der Waals surface area contributed by atoms with Gasteiger partial charge in [-0.15, -0.1) is 0 Å². The van der Waals surface area contributed by atoms with Gasteiger partial charge in [0.2, 0.25) is 5.91 Å². The largest absolute Gasteiger partial charge is 0.352 e. The number of hydrogen-bond donors (Lipinski definition) is 1. The van der Waals surface area contributed by atoms with Crippen molar-refractivity contribution in [2.45, 2.75) is 32.9 Å². The number of amides is 1. The van der Waals surface area contributed by atoms with Crippen molar-refractivity contribution in [1.29, 1.82) is 0 Å². The number of benzene rings is 2. The summed E-state index contributed by atoms with van der Waals surface area (Å²) < 4.78 is 0. The Bertz CT molecular complexity index is 689. The van der Waals surface area contributed by atoms with Crippen LogP contribution in [0.15, 0.2) is 48.5 Å². The maximum Gasteiger partial charge on any atom is 0.223 e. The third kappa shape index (κ3) is 5.32. The van der Waals surface area contributed by atoms with Gasteiger partial charge in [-0.2, -0.15) is 0 Å². The van der Waals surface area contributed by atoms with Gasteiger partial charge in [0, 0.05) is 24.0 Å². The maximum absolute atomic E-state index is 12.4. The predicted octanol–water partition coefficient (Wildman–Crippen LogP) is 4.18. The molecule has 3 nitrogen and oxygen atoms in total. The van der Waals surface area contributed by atoms with E-state index in [4.69, 9.17) is 11.6 Å². The van der Waals surface area contributed by atoms with Gasteiger partial charge in [-0.3, -0.25) is 9.69 Å². The van der Waals surface area contributed by atoms with Gasteiger partial charge in [0.1, 0.15) is 0 Å². The fraction of sp³-hybridized carbons (Fsp3) is 0.381. The molecule has 0 spiro atoms. The van der Waals surface area contributed by atoms with Crippen molar-refractivity contribution in [3.63, 3.8) is 0 Å². The Hall–Kier alpha value is -1.84. The first-order chi connectivity index (χ1) is 12.1. The topological polar surface area (TPSA) is 32.3 Å². The number of piperidine rings is 1. The lowest BCUT2D eigenvalue weighted by Crippen LogP contribution is -2.40. The molecular weight excluding hydrogens is 332 g/mol. The predicted molar refractivity (Wildman–Crippen MR) is 102 cm³/mol. The number of rotatable bonds is 5. The van der Waals surface area contributed by atoms with E-state index in [0.29, 0.717) is 6.54 Å². The first-order valence-corrected chi connectivity index (χ1v) is 9.28. The van der Waals surface area contributed by atoms with Crippen molar-refractivity contribution in [3.8, 4) is 0 Å². The Morgan fingerprint density at radius 1 is 1.04 bits per heavy atom. The minimum atomic E-state index is 0.131. The van der Waals surface area contributed by atoms with Crippen molar-refractivity contribution in [3.05, 3.63) is 70.2 Å². The Balaban J connectivity index is 1.42. The molecule has 0 atom stereocenters. The molecule has 0 bridgehead atoms. The zero-order valence-electron chi connectivity index (χ0n) is 14.7. The molecule has 1 fully saturated rings. The lowest BCUT2D eigenvalue weighted by Gasteiger charge is -2.31. The molecule has 1 aliphatic rings. The van der Waals surface area contributed by atoms with Gasteiger partial charge in [0.25, 0.3) is 0 Å². The molecule has 2 aromatic carbocycles. The van der Waals surface area contributed by atoms with Gasteiger partial charge < -0.3 is 5.32 Å². The van der Waals surface area contributed by atoms with Gasteiger partial charge >= 0.3 is 0 Å². The first-order valence-electron chi connectivity index (χ1n) is 8.90. The number of hydrogen-bond acceptors (Lipinski definition) is 2. The molecular formula is C21H25ClN2O. The number of likely N-dealkylation sites (tertiary alicyclic amines) is 1. The van der Waals surface area contributed by atoms with Crippen LogP contribution in [0.5, 0.6) is 0 Å². The molecule has 0 unspecified atom stereocenters. The zero-order valence-corrected chi connectivity index (χ0v) is 15.4. The summed E-state index contributed by atoms with van der Waals surface area (Å²) in [5, 5.41) is 3.86. The summed E-state index contributed by atoms with van der Waals surface area (Å²) in [6.45, 7) is 5.54. The van der Waals surface area contributed by atoms with Crippen LogP contribution in [0.2, 0.25) is 5.02 Å². The van der Waals surface area contributed by atoms with E-state index >= 15 is 0 Å². The lowest BCUT2D eigenvalue weighted by molar-refractivity contribution is -0.126. The van der Waals surface area contributed by atoms with Gasteiger partial charge in [-0.25, -0.2) is 0 Å². The third-order valence-electron chi connectivity index (χ3n) is 4.87. The molecule has 0 radical (unpaired) electrons. The molecule has 2 aromatic rings. The van der Waals surface area contributed by atoms with Crippen LogP contribution >= 0.6 is 11.6 Å². The molecule has 0 aromatic heterocycles. The van der Waals surface area contributed by atoms with E-state index in [-0.39, 0.29) is 11.8 Å². The number of halogens is 1. The van der Waals surface area contributed by atoms with Crippen LogP contribution in [0.4, 0.5) is 0 Å². The standard InChI is InChI=1S/C21H25ClN2O/c1-16-2-4-17(5-3-16)14-23-21(25)19-10-12-24(13-11-19)15-18-6-8-20(22)9-7-18/h2-9,19H,10-15H2,1H3,(H,23,25). The van der Waals surface area contributed by atoms with E-state index in [2.05, 4.69) is 53.5 Å². The van der Waals surface area contributed by atoms with E-state index in [1.54, 1.807) is 0 Å². The summed E-state index contributed by atoms with van der Waals surface area (Å²) in [5.41, 5.74) is 3.66. The highest BCUT2D eigenvalue weighted by molar-refractivity contribution is 6.30. The fourth-order valence-electron chi connectivity index (χ4n) is 3.24. The van der Waals surface area contributed by atoms with Gasteiger partial charge in [0.05, 0.1) is 0 Å². The Kier molecular flexibility index (Phi) is 6.11. The Labute approximate surface area is 155 Å². The van der Waals surface area contributed by atoms with Crippen LogP contribution < -0.4 is 5.32 Å². The van der Waals surface area contributed by atoms with E-state index < -0.39 is 0 Å². The molecule has 0 aliphatic carbocycles. The highest BCUT2D eigenvalue weighted by Crippen LogP contribution is 2.20. The van der Waals surface area contributed by atoms with Crippen LogP contribution in [0.25, 0.3) is 0 Å². The van der Waals surface area contributed by atoms with Gasteiger partial charge in [-0.05, 0) is 56.1 Å². The van der Waals surface area contributed by atoms with Crippen molar-refractivity contribution in [2.24, 2.45) is 5.92 Å². The van der Waals surface area contributed by atoms with Crippen LogP contribution in [0.1, 0.15) is 29.5 Å². The van der Waals surface area contributed by atoms with Crippen LogP contribution in [-0.4, -0.2) is 23.9 Å². The van der Waals surface area contributed by atoms with E-state index in [1.807, 2.05) is 12.1 Å². The fourth-order valence-corrected chi connectivity index (χ4v) is 3.37. The quantitative estimate of drug-likeness (QED) is 0.871. The summed E-state index contributed by atoms with van der Waals surface area (Å²) in [5.74, 6) is 0.318. The normalized spacial score (nSPS) is 15.9. The van der Waals surface area contributed by atoms with E-state index in [9.17, 15) is 4.79 Å². The SMILES string of the molecule is Cc1ccc(CNC(=O)C2CCN(Cc3ccc(Cl)cc3)CC2)cc1. The molecule has 1 amide bonds. The highest BCUT2D eigenvalue weighted by atomic mass is 35.5. The van der Waals surface area contributed by atoms with Crippen molar-refractivity contribution in [2.75, 3.05) is 13.1 Å². The van der Waals surface area contributed by atoms with Crippen LogP contribution in [-0.2, 0) is 17.9 Å². The Morgan fingerprint density at radius 3 is 2.28 bits per heavy atom. The van der Waals surface area contributed by atoms with E-state index in [0.717, 1.165) is 43.1 Å². The minimum absolute atomic E-state index is 0.131. The van der Waals surface area contributed by atoms with Gasteiger partial charge in [0.15, 0.2) is 0 Å². The third-order valence-corrected chi connectivity index (χ3v) is 5.12. The number of nitrogens with one attached hydrogen (secondary N) is 1. The molecule has 3 rings (SSSR count). The summed E-state index contributed by atoms with van der Waals surface area (Å²) in [4.78, 5) is 14.8. The second-order valence-corrected chi connectivity index (χ2v) is 7.32. The highest BCUT2D eigenvalue weighted by Gasteiger charge is 2.24. The summed E-state index contributed by atoms with van der Waals surface area (Å²) in [6.07, 6.45) is 1.85. The first kappa shape index (κ1) is 18.0. The maximum atomic E-state index is 12.4. The average molecular weight is 357 g/mol. The lowest BCUT2D eigenvalue weighted by atomic mass is 9.95. The minimum Gasteiger partial charge on any atom is -0.352 e. The molecule has 1 N–H and O–H groups in total. The zero-order chi connectivity index (χ0) is 17.6. The number of nitrogens with zero attached hydrogens (tertiary/aromatic N) is 1. The number of aryl methyl sites for hydroxylation is 1. The van der Waals surface area contributed by atoms with Crippen LogP contribution in [0, 0.1) is 12.8 Å². The second kappa shape index (κ2) is 8.50.